The molecule has 1 fully saturated rings. The maximum Gasteiger partial charge on any atom is 0.0457 e. The number of piperazine rings is 1. The zero-order valence-electron chi connectivity index (χ0n) is 12.0. The van der Waals surface area contributed by atoms with Gasteiger partial charge in [0.05, 0.1) is 0 Å². The maximum atomic E-state index is 4.60. The van der Waals surface area contributed by atoms with E-state index in [-0.39, 0.29) is 5.41 Å². The smallest absolute Gasteiger partial charge is 0.0457 e. The molecule has 100 valence electrons. The van der Waals surface area contributed by atoms with E-state index in [0.717, 1.165) is 26.2 Å². The Hall–Kier alpha value is -0.930. The van der Waals surface area contributed by atoms with Crippen LogP contribution in [0.2, 0.25) is 0 Å². The van der Waals surface area contributed by atoms with Crippen molar-refractivity contribution in [1.29, 1.82) is 0 Å². The van der Waals surface area contributed by atoms with Crippen LogP contribution < -0.4 is 5.32 Å². The van der Waals surface area contributed by atoms with E-state index in [1.54, 1.807) is 0 Å². The first kappa shape index (κ1) is 13.5. The Morgan fingerprint density at radius 1 is 1.39 bits per heavy atom. The van der Waals surface area contributed by atoms with Crippen molar-refractivity contribution in [2.75, 3.05) is 19.6 Å². The van der Waals surface area contributed by atoms with Crippen molar-refractivity contribution in [1.82, 2.24) is 15.2 Å². The molecule has 0 radical (unpaired) electrons. The minimum Gasteiger partial charge on any atom is -0.314 e. The molecule has 0 unspecified atom stereocenters. The van der Waals surface area contributed by atoms with Gasteiger partial charge in [0.1, 0.15) is 0 Å². The average molecular weight is 247 g/mol. The van der Waals surface area contributed by atoms with Crippen molar-refractivity contribution in [3.63, 3.8) is 0 Å². The lowest BCUT2D eigenvalue weighted by molar-refractivity contribution is 0.165. The summed E-state index contributed by atoms with van der Waals surface area (Å²) in [6.07, 6.45) is 2.04. The van der Waals surface area contributed by atoms with Crippen LogP contribution in [0.1, 0.15) is 39.0 Å². The number of rotatable bonds is 2. The number of pyridine rings is 1. The topological polar surface area (TPSA) is 28.2 Å². The molecule has 0 aromatic carbocycles. The summed E-state index contributed by atoms with van der Waals surface area (Å²) in [6, 6.07) is 5.01. The van der Waals surface area contributed by atoms with E-state index in [1.807, 2.05) is 6.20 Å². The summed E-state index contributed by atoms with van der Waals surface area (Å²) in [4.78, 5) is 7.12. The molecule has 3 heteroatoms. The van der Waals surface area contributed by atoms with E-state index >= 15 is 0 Å². The van der Waals surface area contributed by atoms with Crippen molar-refractivity contribution >= 4 is 0 Å². The van der Waals surface area contributed by atoms with Gasteiger partial charge in [-0.1, -0.05) is 26.8 Å². The Morgan fingerprint density at radius 2 is 2.17 bits per heavy atom. The molecule has 1 saturated heterocycles. The highest BCUT2D eigenvalue weighted by molar-refractivity contribution is 5.19. The second-order valence-corrected chi connectivity index (χ2v) is 6.33. The summed E-state index contributed by atoms with van der Waals surface area (Å²) in [5, 5.41) is 3.42. The van der Waals surface area contributed by atoms with Crippen molar-refractivity contribution in [2.24, 2.45) is 0 Å². The van der Waals surface area contributed by atoms with Crippen molar-refractivity contribution in [3.8, 4) is 0 Å². The number of hydrogen-bond acceptors (Lipinski definition) is 3. The molecule has 1 atom stereocenters. The Labute approximate surface area is 111 Å². The fraction of sp³-hybridized carbons (Fsp3) is 0.667. The van der Waals surface area contributed by atoms with Gasteiger partial charge < -0.3 is 5.32 Å². The third-order valence-corrected chi connectivity index (χ3v) is 3.62. The van der Waals surface area contributed by atoms with Crippen LogP contribution in [-0.4, -0.2) is 35.6 Å². The van der Waals surface area contributed by atoms with E-state index in [0.29, 0.717) is 6.04 Å². The van der Waals surface area contributed by atoms with Crippen LogP contribution in [-0.2, 0) is 12.0 Å². The first-order valence-electron chi connectivity index (χ1n) is 6.87. The molecule has 2 heterocycles. The number of aromatic nitrogens is 1. The summed E-state index contributed by atoms with van der Waals surface area (Å²) >= 11 is 0. The molecule has 1 aromatic heterocycles. The molecule has 18 heavy (non-hydrogen) atoms. The first-order valence-corrected chi connectivity index (χ1v) is 6.87. The number of nitrogens with one attached hydrogen (secondary N) is 1. The number of nitrogens with zero attached hydrogens (tertiary/aromatic N) is 2. The fourth-order valence-electron chi connectivity index (χ4n) is 2.31. The fourth-order valence-corrected chi connectivity index (χ4v) is 2.31. The Balaban J connectivity index is 2.02. The zero-order valence-corrected chi connectivity index (χ0v) is 12.0. The van der Waals surface area contributed by atoms with Gasteiger partial charge in [-0.2, -0.15) is 0 Å². The van der Waals surface area contributed by atoms with Gasteiger partial charge in [0.15, 0.2) is 0 Å². The van der Waals surface area contributed by atoms with Gasteiger partial charge in [-0.25, -0.2) is 0 Å². The SMILES string of the molecule is C[C@@H]1CNCCN1Cc1ccc(C(C)(C)C)nc1. The third-order valence-electron chi connectivity index (χ3n) is 3.62. The zero-order chi connectivity index (χ0) is 13.2. The highest BCUT2D eigenvalue weighted by atomic mass is 15.2. The number of hydrogen-bond donors (Lipinski definition) is 1. The van der Waals surface area contributed by atoms with Crippen molar-refractivity contribution in [3.05, 3.63) is 29.6 Å². The van der Waals surface area contributed by atoms with Crippen LogP contribution in [0.25, 0.3) is 0 Å². The van der Waals surface area contributed by atoms with E-state index in [4.69, 9.17) is 0 Å². The van der Waals surface area contributed by atoms with Crippen LogP contribution >= 0.6 is 0 Å². The van der Waals surface area contributed by atoms with Gasteiger partial charge in [0.2, 0.25) is 0 Å². The molecule has 0 amide bonds. The Kier molecular flexibility index (Phi) is 4.03. The van der Waals surface area contributed by atoms with Gasteiger partial charge in [-0.15, -0.1) is 0 Å². The van der Waals surface area contributed by atoms with Crippen molar-refractivity contribution < 1.29 is 0 Å². The van der Waals surface area contributed by atoms with Crippen LogP contribution in [0.5, 0.6) is 0 Å². The summed E-state index contributed by atoms with van der Waals surface area (Å²) < 4.78 is 0. The molecule has 0 saturated carbocycles. The average Bonchev–Trinajstić information content (AvgIpc) is 2.32. The molecule has 3 nitrogen and oxygen atoms in total. The molecule has 0 bridgehead atoms. The summed E-state index contributed by atoms with van der Waals surface area (Å²) in [5.41, 5.74) is 2.62. The van der Waals surface area contributed by atoms with Crippen LogP contribution in [0.4, 0.5) is 0 Å². The van der Waals surface area contributed by atoms with Crippen LogP contribution in [0, 0.1) is 0 Å². The van der Waals surface area contributed by atoms with Gasteiger partial charge in [0, 0.05) is 49.5 Å². The molecule has 1 N–H and O–H groups in total. The molecule has 1 aliphatic rings. The first-order chi connectivity index (χ1) is 8.47. The lowest BCUT2D eigenvalue weighted by Crippen LogP contribution is -2.49. The van der Waals surface area contributed by atoms with Crippen LogP contribution in [0.3, 0.4) is 0 Å². The largest absolute Gasteiger partial charge is 0.314 e. The molecule has 2 rings (SSSR count). The molecule has 0 spiro atoms. The molecule has 1 aliphatic heterocycles. The lowest BCUT2D eigenvalue weighted by Gasteiger charge is -2.33. The monoisotopic (exact) mass is 247 g/mol. The second-order valence-electron chi connectivity index (χ2n) is 6.33. The normalized spacial score (nSPS) is 22.1. The third kappa shape index (κ3) is 3.30. The highest BCUT2D eigenvalue weighted by Gasteiger charge is 2.19. The second kappa shape index (κ2) is 5.37. The van der Waals surface area contributed by atoms with E-state index in [1.165, 1.54) is 11.3 Å². The molecule has 1 aromatic rings. The Bertz CT molecular complexity index is 378. The lowest BCUT2D eigenvalue weighted by atomic mass is 9.91. The molecular formula is C15H25N3. The van der Waals surface area contributed by atoms with Gasteiger partial charge in [-0.3, -0.25) is 9.88 Å². The van der Waals surface area contributed by atoms with Gasteiger partial charge in [0.25, 0.3) is 0 Å². The standard InChI is InChI=1S/C15H25N3/c1-12-9-16-7-8-18(12)11-13-5-6-14(17-10-13)15(2,3)4/h5-6,10,12,16H,7-9,11H2,1-4H3/t12-/m1/s1. The van der Waals surface area contributed by atoms with E-state index in [2.05, 4.69) is 55.0 Å². The maximum absolute atomic E-state index is 4.60. The quantitative estimate of drug-likeness (QED) is 0.868. The molecular weight excluding hydrogens is 222 g/mol. The van der Waals surface area contributed by atoms with Crippen LogP contribution in [0.15, 0.2) is 18.3 Å². The predicted octanol–water partition coefficient (Wildman–Crippen LogP) is 2.17. The van der Waals surface area contributed by atoms with E-state index < -0.39 is 0 Å². The van der Waals surface area contributed by atoms with Gasteiger partial charge in [-0.05, 0) is 18.6 Å². The van der Waals surface area contributed by atoms with Gasteiger partial charge >= 0.3 is 0 Å². The minimum atomic E-state index is 0.140. The predicted molar refractivity (Wildman–Crippen MR) is 75.7 cm³/mol. The minimum absolute atomic E-state index is 0.140. The summed E-state index contributed by atoms with van der Waals surface area (Å²) in [6.45, 7) is 13.2. The summed E-state index contributed by atoms with van der Waals surface area (Å²) in [7, 11) is 0. The Morgan fingerprint density at radius 3 is 2.72 bits per heavy atom. The van der Waals surface area contributed by atoms with Crippen molar-refractivity contribution in [2.45, 2.75) is 45.7 Å². The van der Waals surface area contributed by atoms with E-state index in [9.17, 15) is 0 Å². The molecule has 0 aliphatic carbocycles. The summed E-state index contributed by atoms with van der Waals surface area (Å²) in [5.74, 6) is 0. The highest BCUT2D eigenvalue weighted by Crippen LogP contribution is 2.20.